The van der Waals surface area contributed by atoms with Crippen molar-refractivity contribution < 1.29 is 23.8 Å². The molecule has 7 nitrogen and oxygen atoms in total. The Kier molecular flexibility index (Phi) is 7.48. The summed E-state index contributed by atoms with van der Waals surface area (Å²) in [5.74, 6) is -0.861. The van der Waals surface area contributed by atoms with E-state index in [1.807, 2.05) is 18.2 Å². The van der Waals surface area contributed by atoms with E-state index in [4.69, 9.17) is 14.2 Å². The van der Waals surface area contributed by atoms with E-state index in [9.17, 15) is 9.59 Å². The Morgan fingerprint density at radius 2 is 2.00 bits per heavy atom. The van der Waals surface area contributed by atoms with Gasteiger partial charge < -0.3 is 19.2 Å². The van der Waals surface area contributed by atoms with E-state index in [1.54, 1.807) is 13.3 Å². The Bertz CT molecular complexity index is 1110. The summed E-state index contributed by atoms with van der Waals surface area (Å²) in [6, 6.07) is 6.74. The van der Waals surface area contributed by atoms with E-state index in [2.05, 4.69) is 45.5 Å². The number of hydrogen-bond acceptors (Lipinski definition) is 7. The number of rotatable bonds is 9. The van der Waals surface area contributed by atoms with Gasteiger partial charge >= 0.3 is 5.97 Å². The third kappa shape index (κ3) is 5.50. The van der Waals surface area contributed by atoms with Gasteiger partial charge in [-0.3, -0.25) is 4.79 Å². The van der Waals surface area contributed by atoms with Crippen LogP contribution in [-0.4, -0.2) is 50.6 Å². The lowest BCUT2D eigenvalue weighted by Gasteiger charge is -2.20. The molecule has 10 heteroatoms. The Hall–Kier alpha value is -1.85. The van der Waals surface area contributed by atoms with Crippen LogP contribution in [0.2, 0.25) is 25.7 Å². The van der Waals surface area contributed by atoms with E-state index < -0.39 is 20.3 Å². The van der Waals surface area contributed by atoms with Crippen LogP contribution < -0.4 is 0 Å². The number of carbonyl (C=O) groups is 2. The molecule has 3 aromatic rings. The standard InChI is InChI=1S/C21H25BrN2O5SSi/c1-27-20(26)16-18(22)30-19(24-16)17(25)14-11-23-15-10-12(6-7-13(14)15)21(28-2)29-8-9-31(3,4)5/h6-7,10-11,21,23H,8-9H2,1-5H3. The molecule has 0 aliphatic heterocycles. The van der Waals surface area contributed by atoms with Gasteiger partial charge in [-0.1, -0.05) is 31.8 Å². The second-order valence-electron chi connectivity index (χ2n) is 8.22. The number of esters is 1. The van der Waals surface area contributed by atoms with Crippen LogP contribution in [0.3, 0.4) is 0 Å². The molecule has 0 saturated carbocycles. The quantitative estimate of drug-likeness (QED) is 0.174. The molecule has 0 aliphatic carbocycles. The van der Waals surface area contributed by atoms with Gasteiger partial charge in [-0.05, 0) is 28.0 Å². The van der Waals surface area contributed by atoms with Crippen molar-refractivity contribution in [2.75, 3.05) is 20.8 Å². The first-order valence-corrected chi connectivity index (χ1v) is 15.0. The lowest BCUT2D eigenvalue weighted by molar-refractivity contribution is -0.124. The molecule has 166 valence electrons. The molecule has 1 aromatic carbocycles. The van der Waals surface area contributed by atoms with Gasteiger partial charge in [0.2, 0.25) is 5.78 Å². The second kappa shape index (κ2) is 9.74. The number of nitrogens with one attached hydrogen (secondary N) is 1. The fourth-order valence-corrected chi connectivity index (χ4v) is 5.16. The lowest BCUT2D eigenvalue weighted by Crippen LogP contribution is -2.22. The topological polar surface area (TPSA) is 90.5 Å². The average molecular weight is 525 g/mol. The molecule has 2 aromatic heterocycles. The van der Waals surface area contributed by atoms with Crippen molar-refractivity contribution in [1.82, 2.24) is 9.97 Å². The van der Waals surface area contributed by atoms with Crippen LogP contribution in [0, 0.1) is 0 Å². The maximum Gasteiger partial charge on any atom is 0.358 e. The third-order valence-electron chi connectivity index (χ3n) is 4.72. The van der Waals surface area contributed by atoms with Crippen LogP contribution in [0.5, 0.6) is 0 Å². The molecule has 1 N–H and O–H groups in total. The van der Waals surface area contributed by atoms with Crippen LogP contribution >= 0.6 is 27.3 Å². The number of ether oxygens (including phenoxy) is 3. The van der Waals surface area contributed by atoms with Gasteiger partial charge in [-0.2, -0.15) is 0 Å². The smallest absolute Gasteiger partial charge is 0.358 e. The predicted octanol–water partition coefficient (Wildman–Crippen LogP) is 5.40. The average Bonchev–Trinajstić information content (AvgIpc) is 3.32. The molecule has 2 heterocycles. The minimum atomic E-state index is -1.20. The molecule has 3 rings (SSSR count). The number of aromatic nitrogens is 2. The second-order valence-corrected chi connectivity index (χ2v) is 16.2. The molecular formula is C21H25BrN2O5SSi. The summed E-state index contributed by atoms with van der Waals surface area (Å²) in [7, 11) is 1.69. The van der Waals surface area contributed by atoms with Gasteiger partial charge in [-0.25, -0.2) is 9.78 Å². The number of ketones is 1. The predicted molar refractivity (Wildman–Crippen MR) is 127 cm³/mol. The largest absolute Gasteiger partial charge is 0.464 e. The number of H-pyrrole nitrogens is 1. The van der Waals surface area contributed by atoms with Crippen molar-refractivity contribution in [1.29, 1.82) is 0 Å². The number of hydrogen-bond donors (Lipinski definition) is 1. The summed E-state index contributed by atoms with van der Waals surface area (Å²) in [4.78, 5) is 32.1. The van der Waals surface area contributed by atoms with E-state index in [0.717, 1.165) is 33.8 Å². The van der Waals surface area contributed by atoms with Gasteiger partial charge in [0.05, 0.1) is 12.7 Å². The number of methoxy groups -OCH3 is 2. The van der Waals surface area contributed by atoms with E-state index in [1.165, 1.54) is 7.11 Å². The van der Waals surface area contributed by atoms with Gasteiger partial charge in [0, 0.05) is 44.5 Å². The molecule has 1 unspecified atom stereocenters. The van der Waals surface area contributed by atoms with E-state index in [0.29, 0.717) is 16.0 Å². The zero-order valence-electron chi connectivity index (χ0n) is 18.1. The molecule has 0 fully saturated rings. The first-order chi connectivity index (χ1) is 14.6. The van der Waals surface area contributed by atoms with Crippen molar-refractivity contribution in [3.63, 3.8) is 0 Å². The summed E-state index contributed by atoms with van der Waals surface area (Å²) >= 11 is 4.38. The molecule has 0 radical (unpaired) electrons. The monoisotopic (exact) mass is 524 g/mol. The number of aromatic amines is 1. The fourth-order valence-electron chi connectivity index (χ4n) is 2.99. The Labute approximate surface area is 194 Å². The van der Waals surface area contributed by atoms with Crippen LogP contribution in [0.15, 0.2) is 28.2 Å². The molecule has 1 atom stereocenters. The number of fused-ring (bicyclic) bond motifs is 1. The fraction of sp³-hybridized carbons (Fsp3) is 0.381. The van der Waals surface area contributed by atoms with Crippen LogP contribution in [0.1, 0.15) is 37.7 Å². The van der Waals surface area contributed by atoms with Gasteiger partial charge in [0.1, 0.15) is 3.79 Å². The Morgan fingerprint density at radius 3 is 2.65 bits per heavy atom. The molecule has 0 aliphatic rings. The van der Waals surface area contributed by atoms with Crippen molar-refractivity contribution >= 4 is 58.0 Å². The van der Waals surface area contributed by atoms with E-state index >= 15 is 0 Å². The Morgan fingerprint density at radius 1 is 1.26 bits per heavy atom. The molecule has 31 heavy (non-hydrogen) atoms. The normalized spacial score (nSPS) is 12.8. The minimum absolute atomic E-state index is 0.0939. The Balaban J connectivity index is 1.83. The highest BCUT2D eigenvalue weighted by Crippen LogP contribution is 2.30. The van der Waals surface area contributed by atoms with Crippen LogP contribution in [-0.2, 0) is 14.2 Å². The number of carbonyl (C=O) groups excluding carboxylic acids is 2. The first kappa shape index (κ1) is 23.8. The zero-order chi connectivity index (χ0) is 22.8. The molecule has 0 spiro atoms. The maximum absolute atomic E-state index is 13.0. The maximum atomic E-state index is 13.0. The summed E-state index contributed by atoms with van der Waals surface area (Å²) in [6.07, 6.45) is 1.18. The summed E-state index contributed by atoms with van der Waals surface area (Å²) < 4.78 is 16.6. The first-order valence-electron chi connectivity index (χ1n) is 9.69. The lowest BCUT2D eigenvalue weighted by atomic mass is 10.1. The minimum Gasteiger partial charge on any atom is -0.464 e. The molecular weight excluding hydrogens is 500 g/mol. The number of nitrogens with zero attached hydrogens (tertiary/aromatic N) is 1. The number of halogens is 1. The highest BCUT2D eigenvalue weighted by atomic mass is 79.9. The highest BCUT2D eigenvalue weighted by molar-refractivity contribution is 9.11. The summed E-state index contributed by atoms with van der Waals surface area (Å²) in [6.45, 7) is 7.55. The third-order valence-corrected chi connectivity index (χ3v) is 8.12. The van der Waals surface area contributed by atoms with Gasteiger partial charge in [0.15, 0.2) is 17.0 Å². The van der Waals surface area contributed by atoms with Gasteiger partial charge in [-0.15, -0.1) is 11.3 Å². The molecule has 0 saturated heterocycles. The van der Waals surface area contributed by atoms with Crippen molar-refractivity contribution in [2.24, 2.45) is 0 Å². The number of benzene rings is 1. The van der Waals surface area contributed by atoms with Crippen molar-refractivity contribution in [3.8, 4) is 0 Å². The van der Waals surface area contributed by atoms with Gasteiger partial charge in [0.25, 0.3) is 0 Å². The summed E-state index contributed by atoms with van der Waals surface area (Å²) in [5.41, 5.74) is 2.24. The number of thiazole rings is 1. The van der Waals surface area contributed by atoms with Crippen LogP contribution in [0.25, 0.3) is 10.9 Å². The zero-order valence-corrected chi connectivity index (χ0v) is 21.5. The van der Waals surface area contributed by atoms with Crippen molar-refractivity contribution in [3.05, 3.63) is 50.0 Å². The SMILES string of the molecule is COC(=O)c1nc(C(=O)c2c[nH]c3cc(C(OC)OCC[Si](C)(C)C)ccc23)sc1Br. The molecule has 0 amide bonds. The van der Waals surface area contributed by atoms with E-state index in [-0.39, 0.29) is 16.5 Å². The van der Waals surface area contributed by atoms with Crippen LogP contribution in [0.4, 0.5) is 0 Å². The molecule has 0 bridgehead atoms. The highest BCUT2D eigenvalue weighted by Gasteiger charge is 2.24. The summed E-state index contributed by atoms with van der Waals surface area (Å²) in [5, 5.41) is 0.971. The van der Waals surface area contributed by atoms with Crippen molar-refractivity contribution in [2.45, 2.75) is 32.0 Å².